The first-order valence-corrected chi connectivity index (χ1v) is 6.25. The Labute approximate surface area is 111 Å². The molecule has 0 aromatic carbocycles. The van der Waals surface area contributed by atoms with E-state index in [1.54, 1.807) is 13.1 Å². The van der Waals surface area contributed by atoms with Crippen LogP contribution in [0, 0.1) is 13.8 Å². The van der Waals surface area contributed by atoms with Crippen LogP contribution in [0.25, 0.3) is 0 Å². The van der Waals surface area contributed by atoms with E-state index >= 15 is 0 Å². The van der Waals surface area contributed by atoms with Crippen LogP contribution in [0.3, 0.4) is 0 Å². The lowest BCUT2D eigenvalue weighted by molar-refractivity contribution is -0.694. The minimum atomic E-state index is -0.105. The molecule has 2 aromatic rings. The predicted molar refractivity (Wildman–Crippen MR) is 70.9 cm³/mol. The maximum absolute atomic E-state index is 11.8. The monoisotopic (exact) mass is 260 g/mol. The Balaban J connectivity index is 2.33. The Morgan fingerprint density at radius 3 is 2.84 bits per heavy atom. The van der Waals surface area contributed by atoms with Crippen LogP contribution in [0.2, 0.25) is 0 Å². The summed E-state index contributed by atoms with van der Waals surface area (Å²) in [5, 5.41) is 9.03. The van der Waals surface area contributed by atoms with Gasteiger partial charge in [0.1, 0.15) is 11.4 Å². The average Bonchev–Trinajstić information content (AvgIpc) is 2.37. The van der Waals surface area contributed by atoms with Crippen LogP contribution >= 0.6 is 0 Å². The molecule has 0 bridgehead atoms. The van der Waals surface area contributed by atoms with Crippen molar-refractivity contribution in [2.24, 2.45) is 0 Å². The lowest BCUT2D eigenvalue weighted by Gasteiger charge is -2.05. The molecule has 0 aliphatic rings. The van der Waals surface area contributed by atoms with E-state index in [2.05, 4.69) is 9.97 Å². The van der Waals surface area contributed by atoms with Crippen molar-refractivity contribution >= 4 is 0 Å². The molecule has 100 valence electrons. The summed E-state index contributed by atoms with van der Waals surface area (Å²) in [6.07, 6.45) is 4.16. The molecule has 5 heteroatoms. The van der Waals surface area contributed by atoms with Crippen molar-refractivity contribution < 1.29 is 9.67 Å². The zero-order valence-electron chi connectivity index (χ0n) is 11.2. The number of aromatic amines is 1. The van der Waals surface area contributed by atoms with Gasteiger partial charge in [-0.05, 0) is 13.0 Å². The van der Waals surface area contributed by atoms with Crippen LogP contribution in [0.4, 0.5) is 0 Å². The Hall–Kier alpha value is -2.01. The number of aliphatic hydroxyl groups excluding tert-OH is 1. The van der Waals surface area contributed by atoms with Crippen LogP contribution in [0.5, 0.6) is 0 Å². The highest BCUT2D eigenvalue weighted by Gasteiger charge is 2.13. The minimum absolute atomic E-state index is 0.105. The normalized spacial score (nSPS) is 10.7. The van der Waals surface area contributed by atoms with E-state index in [0.29, 0.717) is 24.4 Å². The van der Waals surface area contributed by atoms with Gasteiger partial charge in [-0.25, -0.2) is 4.98 Å². The molecule has 0 aliphatic carbocycles. The lowest BCUT2D eigenvalue weighted by atomic mass is 10.1. The van der Waals surface area contributed by atoms with Crippen molar-refractivity contribution in [2.45, 2.75) is 26.8 Å². The van der Waals surface area contributed by atoms with Gasteiger partial charge < -0.3 is 10.1 Å². The molecular weight excluding hydrogens is 242 g/mol. The molecule has 0 aliphatic heterocycles. The Morgan fingerprint density at radius 1 is 1.37 bits per heavy atom. The Morgan fingerprint density at radius 2 is 2.16 bits per heavy atom. The van der Waals surface area contributed by atoms with Crippen LogP contribution in [-0.4, -0.2) is 21.7 Å². The van der Waals surface area contributed by atoms with Crippen molar-refractivity contribution in [1.82, 2.24) is 9.97 Å². The molecule has 0 amide bonds. The number of pyridine rings is 1. The number of hydrogen-bond donors (Lipinski definition) is 2. The third kappa shape index (κ3) is 3.06. The van der Waals surface area contributed by atoms with Gasteiger partial charge in [0.15, 0.2) is 18.4 Å². The summed E-state index contributed by atoms with van der Waals surface area (Å²) in [6.45, 7) is 4.34. The van der Waals surface area contributed by atoms with Crippen molar-refractivity contribution in [2.75, 3.05) is 6.61 Å². The molecule has 0 unspecified atom stereocenters. The Bertz CT molecular complexity index is 635. The molecule has 0 saturated carbocycles. The van der Waals surface area contributed by atoms with Gasteiger partial charge in [-0.15, -0.1) is 0 Å². The molecule has 19 heavy (non-hydrogen) atoms. The SMILES string of the molecule is Cc1ncc(C[n+]2cccc(CCO)c2C)c(=O)[nH]1. The van der Waals surface area contributed by atoms with Gasteiger partial charge in [-0.3, -0.25) is 4.79 Å². The standard InChI is InChI=1S/C14H17N3O2/c1-10-12(5-7-18)4-3-6-17(10)9-13-8-15-11(2)16-14(13)19/h3-4,6,8,18H,5,7,9H2,1-2H3/p+1. The summed E-state index contributed by atoms with van der Waals surface area (Å²) in [7, 11) is 0. The summed E-state index contributed by atoms with van der Waals surface area (Å²) in [6, 6.07) is 3.91. The predicted octanol–water partition coefficient (Wildman–Crippen LogP) is 0.257. The van der Waals surface area contributed by atoms with Crippen molar-refractivity contribution in [3.8, 4) is 0 Å². The summed E-state index contributed by atoms with van der Waals surface area (Å²) >= 11 is 0. The average molecular weight is 260 g/mol. The topological polar surface area (TPSA) is 69.9 Å². The van der Waals surface area contributed by atoms with E-state index in [0.717, 1.165) is 11.3 Å². The van der Waals surface area contributed by atoms with Crippen LogP contribution in [-0.2, 0) is 13.0 Å². The fraction of sp³-hybridized carbons (Fsp3) is 0.357. The molecule has 2 N–H and O–H groups in total. The summed E-state index contributed by atoms with van der Waals surface area (Å²) < 4.78 is 1.99. The zero-order valence-corrected chi connectivity index (χ0v) is 11.2. The third-order valence-corrected chi connectivity index (χ3v) is 3.18. The van der Waals surface area contributed by atoms with Gasteiger partial charge in [0, 0.05) is 37.8 Å². The first kappa shape index (κ1) is 13.4. The first-order valence-electron chi connectivity index (χ1n) is 6.25. The number of nitrogens with zero attached hydrogens (tertiary/aromatic N) is 2. The minimum Gasteiger partial charge on any atom is -0.396 e. The van der Waals surface area contributed by atoms with Gasteiger partial charge in [-0.2, -0.15) is 4.57 Å². The van der Waals surface area contributed by atoms with E-state index in [1.165, 1.54) is 0 Å². The zero-order chi connectivity index (χ0) is 13.8. The lowest BCUT2D eigenvalue weighted by Crippen LogP contribution is -2.40. The van der Waals surface area contributed by atoms with Crippen molar-refractivity contribution in [1.29, 1.82) is 0 Å². The van der Waals surface area contributed by atoms with Crippen molar-refractivity contribution in [3.63, 3.8) is 0 Å². The molecule has 2 heterocycles. The third-order valence-electron chi connectivity index (χ3n) is 3.18. The highest BCUT2D eigenvalue weighted by molar-refractivity contribution is 5.15. The summed E-state index contributed by atoms with van der Waals surface area (Å²) in [5.41, 5.74) is 2.66. The van der Waals surface area contributed by atoms with Crippen LogP contribution in [0.15, 0.2) is 29.3 Å². The molecule has 2 aromatic heterocycles. The van der Waals surface area contributed by atoms with E-state index in [4.69, 9.17) is 5.11 Å². The maximum Gasteiger partial charge on any atom is 0.260 e. The number of H-pyrrole nitrogens is 1. The van der Waals surface area contributed by atoms with E-state index in [9.17, 15) is 4.79 Å². The van der Waals surface area contributed by atoms with Crippen molar-refractivity contribution in [3.05, 3.63) is 57.5 Å². The summed E-state index contributed by atoms with van der Waals surface area (Å²) in [5.74, 6) is 0.615. The molecule has 0 atom stereocenters. The Kier molecular flexibility index (Phi) is 4.06. The maximum atomic E-state index is 11.8. The molecule has 2 rings (SSSR count). The molecule has 0 radical (unpaired) electrons. The number of aryl methyl sites for hydroxylation is 1. The van der Waals surface area contributed by atoms with E-state index < -0.39 is 0 Å². The number of aromatic nitrogens is 3. The number of nitrogens with one attached hydrogen (secondary N) is 1. The van der Waals surface area contributed by atoms with E-state index in [-0.39, 0.29) is 12.2 Å². The molecule has 5 nitrogen and oxygen atoms in total. The molecule has 0 spiro atoms. The second-order valence-electron chi connectivity index (χ2n) is 4.54. The smallest absolute Gasteiger partial charge is 0.260 e. The fourth-order valence-electron chi connectivity index (χ4n) is 2.04. The van der Waals surface area contributed by atoms with Gasteiger partial charge in [-0.1, -0.05) is 0 Å². The van der Waals surface area contributed by atoms with Gasteiger partial charge in [0.05, 0.1) is 0 Å². The van der Waals surface area contributed by atoms with Gasteiger partial charge >= 0.3 is 0 Å². The number of hydrogen-bond acceptors (Lipinski definition) is 3. The highest BCUT2D eigenvalue weighted by atomic mass is 16.3. The summed E-state index contributed by atoms with van der Waals surface area (Å²) in [4.78, 5) is 18.6. The number of aliphatic hydroxyl groups is 1. The van der Waals surface area contributed by atoms with Crippen LogP contribution < -0.4 is 10.1 Å². The second kappa shape index (κ2) is 5.75. The molecular formula is C14H18N3O2+. The number of rotatable bonds is 4. The first-order chi connectivity index (χ1) is 9.11. The van der Waals surface area contributed by atoms with Gasteiger partial charge in [0.2, 0.25) is 0 Å². The second-order valence-corrected chi connectivity index (χ2v) is 4.54. The van der Waals surface area contributed by atoms with Crippen LogP contribution in [0.1, 0.15) is 22.6 Å². The molecule has 0 saturated heterocycles. The largest absolute Gasteiger partial charge is 0.396 e. The van der Waals surface area contributed by atoms with E-state index in [1.807, 2.05) is 29.8 Å². The highest BCUT2D eigenvalue weighted by Crippen LogP contribution is 2.03. The van der Waals surface area contributed by atoms with Gasteiger partial charge in [0.25, 0.3) is 5.56 Å². The fourth-order valence-corrected chi connectivity index (χ4v) is 2.04. The quantitative estimate of drug-likeness (QED) is 0.775. The molecule has 0 fully saturated rings.